The Morgan fingerprint density at radius 1 is 1.11 bits per heavy atom. The Morgan fingerprint density at radius 2 is 1.83 bits per heavy atom. The topological polar surface area (TPSA) is 116 Å². The quantitative estimate of drug-likeness (QED) is 0.435. The lowest BCUT2D eigenvalue weighted by atomic mass is 10.0. The van der Waals surface area contributed by atoms with Crippen molar-refractivity contribution in [3.63, 3.8) is 0 Å². The van der Waals surface area contributed by atoms with Gasteiger partial charge in [-0.1, -0.05) is 5.21 Å². The summed E-state index contributed by atoms with van der Waals surface area (Å²) in [5, 5.41) is 16.9. The number of alkyl halides is 3. The Labute approximate surface area is 207 Å². The molecule has 1 amide bonds. The average Bonchev–Trinajstić information content (AvgIpc) is 3.16. The molecule has 0 bridgehead atoms. The molecule has 14 heteroatoms. The molecule has 0 saturated carbocycles. The first-order valence-electron chi connectivity index (χ1n) is 12.1. The Hall–Kier alpha value is -3.00. The second-order valence-electron chi connectivity index (χ2n) is 9.57. The number of carbonyl (C=O) groups excluding carboxylic acids is 1. The summed E-state index contributed by atoms with van der Waals surface area (Å²) in [6.07, 6.45) is -1.52. The van der Waals surface area contributed by atoms with Crippen LogP contribution in [0.5, 0.6) is 0 Å². The third-order valence-electron chi connectivity index (χ3n) is 6.67. The number of likely N-dealkylation sites (tertiary alicyclic amines) is 2. The molecule has 0 aromatic carbocycles. The molecule has 0 aliphatic carbocycles. The highest BCUT2D eigenvalue weighted by atomic mass is 19.4. The van der Waals surface area contributed by atoms with Crippen LogP contribution in [0.1, 0.15) is 36.6 Å². The van der Waals surface area contributed by atoms with Gasteiger partial charge in [-0.2, -0.15) is 18.2 Å². The molecule has 2 saturated heterocycles. The van der Waals surface area contributed by atoms with Gasteiger partial charge in [-0.25, -0.2) is 9.67 Å². The Balaban J connectivity index is 1.36. The average molecular weight is 511 g/mol. The highest BCUT2D eigenvalue weighted by Crippen LogP contribution is 2.34. The lowest BCUT2D eigenvalue weighted by Gasteiger charge is -2.34. The van der Waals surface area contributed by atoms with Crippen LogP contribution in [0.25, 0.3) is 0 Å². The molecule has 198 valence electrons. The fourth-order valence-corrected chi connectivity index (χ4v) is 4.45. The van der Waals surface area contributed by atoms with Gasteiger partial charge >= 0.3 is 6.18 Å². The lowest BCUT2D eigenvalue weighted by molar-refractivity contribution is -0.137. The number of rotatable bonds is 9. The van der Waals surface area contributed by atoms with Crippen LogP contribution in [0, 0.1) is 12.8 Å². The molecule has 0 radical (unpaired) electrons. The zero-order chi connectivity index (χ0) is 25.9. The van der Waals surface area contributed by atoms with Crippen LogP contribution in [0.4, 0.5) is 30.8 Å². The molecule has 4 rings (SSSR count). The van der Waals surface area contributed by atoms with E-state index in [0.29, 0.717) is 18.8 Å². The molecule has 0 atom stereocenters. The van der Waals surface area contributed by atoms with Crippen molar-refractivity contribution >= 4 is 23.5 Å². The van der Waals surface area contributed by atoms with Crippen LogP contribution in [0.15, 0.2) is 6.20 Å². The zero-order valence-electron chi connectivity index (χ0n) is 20.8. The Bertz CT molecular complexity index is 1050. The summed E-state index contributed by atoms with van der Waals surface area (Å²) in [6, 6.07) is 0.223. The van der Waals surface area contributed by atoms with Crippen molar-refractivity contribution in [1.82, 2.24) is 40.1 Å². The molecule has 2 aliphatic rings. The number of carbonyl (C=O) groups is 1. The van der Waals surface area contributed by atoms with E-state index in [9.17, 15) is 18.0 Å². The van der Waals surface area contributed by atoms with E-state index in [2.05, 4.69) is 48.2 Å². The number of hydrogen-bond donors (Lipinski definition) is 3. The van der Waals surface area contributed by atoms with Crippen molar-refractivity contribution in [2.75, 3.05) is 64.0 Å². The van der Waals surface area contributed by atoms with E-state index in [1.165, 1.54) is 0 Å². The Morgan fingerprint density at radius 3 is 2.50 bits per heavy atom. The predicted molar refractivity (Wildman–Crippen MR) is 128 cm³/mol. The van der Waals surface area contributed by atoms with E-state index < -0.39 is 11.7 Å². The minimum absolute atomic E-state index is 0.00793. The van der Waals surface area contributed by atoms with Crippen molar-refractivity contribution in [2.24, 2.45) is 5.92 Å². The zero-order valence-corrected chi connectivity index (χ0v) is 20.8. The number of hydrogen-bond acceptors (Lipinski definition) is 9. The van der Waals surface area contributed by atoms with Crippen molar-refractivity contribution < 1.29 is 18.0 Å². The van der Waals surface area contributed by atoms with E-state index >= 15 is 0 Å². The highest BCUT2D eigenvalue weighted by Gasteiger charge is 2.35. The summed E-state index contributed by atoms with van der Waals surface area (Å²) >= 11 is 0. The molecular weight excluding hydrogens is 477 g/mol. The smallest absolute Gasteiger partial charge is 0.369 e. The number of aromatic nitrogens is 5. The molecule has 2 aromatic heterocycles. The van der Waals surface area contributed by atoms with Gasteiger partial charge in [0.2, 0.25) is 11.9 Å². The fourth-order valence-electron chi connectivity index (χ4n) is 4.45. The molecule has 2 aliphatic heterocycles. The molecule has 4 heterocycles. The van der Waals surface area contributed by atoms with E-state index in [1.807, 2.05) is 23.6 Å². The second-order valence-corrected chi connectivity index (χ2v) is 9.57. The fraction of sp³-hybridized carbons (Fsp3) is 0.682. The van der Waals surface area contributed by atoms with Gasteiger partial charge in [0.25, 0.3) is 0 Å². The van der Waals surface area contributed by atoms with Gasteiger partial charge in [0, 0.05) is 32.4 Å². The highest BCUT2D eigenvalue weighted by molar-refractivity contribution is 5.79. The predicted octanol–water partition coefficient (Wildman–Crippen LogP) is 1.89. The number of anilines is 3. The van der Waals surface area contributed by atoms with E-state index in [1.54, 1.807) is 0 Å². The van der Waals surface area contributed by atoms with Gasteiger partial charge in [0.15, 0.2) is 5.82 Å². The lowest BCUT2D eigenvalue weighted by Crippen LogP contribution is -2.51. The molecule has 2 aromatic rings. The summed E-state index contributed by atoms with van der Waals surface area (Å²) in [5.74, 6) is 0.0279. The summed E-state index contributed by atoms with van der Waals surface area (Å²) in [5.41, 5.74) is -0.183. The van der Waals surface area contributed by atoms with Crippen LogP contribution >= 0.6 is 0 Å². The first-order valence-corrected chi connectivity index (χ1v) is 12.1. The summed E-state index contributed by atoms with van der Waals surface area (Å²) in [7, 11) is 4.02. The van der Waals surface area contributed by atoms with Crippen LogP contribution in [-0.2, 0) is 11.0 Å². The van der Waals surface area contributed by atoms with Crippen LogP contribution in [-0.4, -0.2) is 94.0 Å². The number of nitrogens with one attached hydrogen (secondary N) is 3. The second kappa shape index (κ2) is 10.9. The van der Waals surface area contributed by atoms with Crippen LogP contribution in [0.3, 0.4) is 0 Å². The van der Waals surface area contributed by atoms with Crippen LogP contribution in [0.2, 0.25) is 0 Å². The third kappa shape index (κ3) is 6.22. The molecule has 2 fully saturated rings. The number of nitrogens with zero attached hydrogens (tertiary/aromatic N) is 7. The first-order chi connectivity index (χ1) is 17.1. The van der Waals surface area contributed by atoms with Crippen molar-refractivity contribution in [3.05, 3.63) is 17.5 Å². The molecular formula is C22H33F3N10O. The molecule has 3 N–H and O–H groups in total. The monoisotopic (exact) mass is 510 g/mol. The number of amides is 1. The largest absolute Gasteiger partial charge is 0.421 e. The number of halogens is 3. The van der Waals surface area contributed by atoms with Gasteiger partial charge < -0.3 is 25.8 Å². The minimum atomic E-state index is -4.61. The standard InChI is InChI=1S/C22H33F3N10O/c1-14-18(31-32-35(14)16-5-9-33(2)10-6-16)29-21-28-11-17(22(23,24)25)19(30-21)26-7-4-8-27-20(36)15-12-34(3)13-15/h11,15-16H,4-10,12-13H2,1-3H3,(H,27,36)(H2,26,28,29,30). The number of piperidine rings is 1. The molecule has 0 unspecified atom stereocenters. The molecule has 36 heavy (non-hydrogen) atoms. The maximum absolute atomic E-state index is 13.5. The van der Waals surface area contributed by atoms with E-state index in [-0.39, 0.29) is 36.2 Å². The first kappa shape index (κ1) is 26.1. The van der Waals surface area contributed by atoms with Gasteiger partial charge in [-0.3, -0.25) is 4.79 Å². The molecule has 11 nitrogen and oxygen atoms in total. The third-order valence-corrected chi connectivity index (χ3v) is 6.67. The maximum Gasteiger partial charge on any atom is 0.421 e. The SMILES string of the molecule is Cc1c(Nc2ncc(C(F)(F)F)c(NCCCNC(=O)C3CN(C)C3)n2)nnn1C1CCN(C)CC1. The summed E-state index contributed by atoms with van der Waals surface area (Å²) < 4.78 is 42.4. The van der Waals surface area contributed by atoms with Gasteiger partial charge in [-0.05, 0) is 53.4 Å². The van der Waals surface area contributed by atoms with Crippen molar-refractivity contribution in [3.8, 4) is 0 Å². The van der Waals surface area contributed by atoms with Gasteiger partial charge in [0.1, 0.15) is 11.4 Å². The summed E-state index contributed by atoms with van der Waals surface area (Å²) in [4.78, 5) is 24.2. The minimum Gasteiger partial charge on any atom is -0.369 e. The van der Waals surface area contributed by atoms with Crippen molar-refractivity contribution in [2.45, 2.75) is 38.4 Å². The van der Waals surface area contributed by atoms with Gasteiger partial charge in [0.05, 0.1) is 17.7 Å². The van der Waals surface area contributed by atoms with Gasteiger partial charge in [-0.15, -0.1) is 5.10 Å². The van der Waals surface area contributed by atoms with Crippen LogP contribution < -0.4 is 16.0 Å². The summed E-state index contributed by atoms with van der Waals surface area (Å²) in [6.45, 7) is 5.80. The molecule has 0 spiro atoms. The van der Waals surface area contributed by atoms with Crippen molar-refractivity contribution in [1.29, 1.82) is 0 Å². The Kier molecular flexibility index (Phi) is 7.93. The maximum atomic E-state index is 13.5. The van der Waals surface area contributed by atoms with E-state index in [0.717, 1.165) is 50.9 Å². The van der Waals surface area contributed by atoms with E-state index in [4.69, 9.17) is 0 Å². The normalized spacial score (nSPS) is 18.2.